The van der Waals surface area contributed by atoms with Gasteiger partial charge in [-0.1, -0.05) is 147 Å². The zero-order valence-electron chi connectivity index (χ0n) is 36.0. The molecule has 310 valence electrons. The van der Waals surface area contributed by atoms with Crippen molar-refractivity contribution in [2.75, 3.05) is 0 Å². The number of hydrogen-bond acceptors (Lipinski definition) is 6. The molecule has 0 aliphatic heterocycles. The second-order valence-electron chi connectivity index (χ2n) is 17.9. The van der Waals surface area contributed by atoms with Crippen LogP contribution in [-0.4, -0.2) is 15.0 Å². The monoisotopic (exact) mass is 863 g/mol. The van der Waals surface area contributed by atoms with E-state index in [4.69, 9.17) is 23.8 Å². The van der Waals surface area contributed by atoms with E-state index in [1.54, 1.807) is 11.3 Å². The van der Waals surface area contributed by atoms with E-state index in [1.807, 2.05) is 42.5 Å². The number of aromatic nitrogens is 3. The molecule has 0 atom stereocenters. The molecule has 0 spiro atoms. The topological polar surface area (TPSA) is 65.0 Å². The van der Waals surface area contributed by atoms with Crippen LogP contribution < -0.4 is 0 Å². The Morgan fingerprint density at radius 2 is 0.909 bits per heavy atom. The first-order chi connectivity index (χ1) is 32.4. The maximum Gasteiger partial charge on any atom is 0.164 e. The zero-order valence-corrected chi connectivity index (χ0v) is 36.8. The molecule has 0 amide bonds. The van der Waals surface area contributed by atoms with Gasteiger partial charge in [-0.2, -0.15) is 0 Å². The smallest absolute Gasteiger partial charge is 0.164 e. The Morgan fingerprint density at radius 3 is 1.77 bits per heavy atom. The molecule has 5 nitrogen and oxygen atoms in total. The van der Waals surface area contributed by atoms with Crippen LogP contribution in [0.5, 0.6) is 0 Å². The predicted molar refractivity (Wildman–Crippen MR) is 272 cm³/mol. The molecule has 4 heterocycles. The average Bonchev–Trinajstić information content (AvgIpc) is 4.11. The molecular weight excluding hydrogens is 827 g/mol. The third-order valence-corrected chi connectivity index (χ3v) is 14.9. The molecule has 6 heteroatoms. The predicted octanol–water partition coefficient (Wildman–Crippen LogP) is 16.7. The number of hydrogen-bond donors (Lipinski definition) is 0. The first kappa shape index (κ1) is 37.2. The Kier molecular flexibility index (Phi) is 7.84. The van der Waals surface area contributed by atoms with E-state index in [-0.39, 0.29) is 5.41 Å². The summed E-state index contributed by atoms with van der Waals surface area (Å²) in [7, 11) is 0. The van der Waals surface area contributed by atoms with E-state index >= 15 is 0 Å². The van der Waals surface area contributed by atoms with E-state index in [2.05, 4.69) is 159 Å². The van der Waals surface area contributed by atoms with Gasteiger partial charge in [0.1, 0.15) is 22.3 Å². The highest BCUT2D eigenvalue weighted by Crippen LogP contribution is 2.52. The molecule has 4 aromatic heterocycles. The van der Waals surface area contributed by atoms with Gasteiger partial charge in [-0.25, -0.2) is 15.0 Å². The molecule has 1 aliphatic carbocycles. The Labute approximate surface area is 383 Å². The Hall–Kier alpha value is -8.19. The van der Waals surface area contributed by atoms with Crippen molar-refractivity contribution in [2.24, 2.45) is 0 Å². The highest BCUT2D eigenvalue weighted by Gasteiger charge is 2.36. The Balaban J connectivity index is 0.929. The first-order valence-electron chi connectivity index (χ1n) is 22.3. The molecule has 13 aromatic rings. The highest BCUT2D eigenvalue weighted by atomic mass is 32.1. The normalized spacial score (nSPS) is 13.1. The summed E-state index contributed by atoms with van der Waals surface area (Å²) >= 11 is 1.79. The third-order valence-electron chi connectivity index (χ3n) is 13.8. The molecule has 14 rings (SSSR count). The third kappa shape index (κ3) is 5.49. The summed E-state index contributed by atoms with van der Waals surface area (Å²) in [5.41, 5.74) is 16.0. The molecule has 0 N–H and O–H groups in total. The van der Waals surface area contributed by atoms with Crippen LogP contribution in [0.1, 0.15) is 25.0 Å². The number of fused-ring (bicyclic) bond motifs is 12. The number of thiophene rings is 1. The van der Waals surface area contributed by atoms with Crippen molar-refractivity contribution >= 4 is 75.4 Å². The lowest BCUT2D eigenvalue weighted by Crippen LogP contribution is -2.14. The quantitative estimate of drug-likeness (QED) is 0.172. The fourth-order valence-electron chi connectivity index (χ4n) is 10.6. The minimum absolute atomic E-state index is 0.0508. The minimum Gasteiger partial charge on any atom is -0.456 e. The van der Waals surface area contributed by atoms with Crippen LogP contribution >= 0.6 is 11.3 Å². The van der Waals surface area contributed by atoms with Gasteiger partial charge in [0.25, 0.3) is 0 Å². The Bertz CT molecular complexity index is 4150. The fraction of sp³-hybridized carbons (Fsp3) is 0.0500. The number of benzene rings is 9. The van der Waals surface area contributed by atoms with Gasteiger partial charge < -0.3 is 8.83 Å². The van der Waals surface area contributed by atoms with Crippen molar-refractivity contribution in [3.8, 4) is 67.5 Å². The number of nitrogens with zero attached hydrogens (tertiary/aromatic N) is 3. The maximum atomic E-state index is 6.60. The average molecular weight is 864 g/mol. The van der Waals surface area contributed by atoms with E-state index in [0.717, 1.165) is 77.1 Å². The van der Waals surface area contributed by atoms with Crippen molar-refractivity contribution in [1.82, 2.24) is 15.0 Å². The van der Waals surface area contributed by atoms with Gasteiger partial charge in [0.05, 0.1) is 0 Å². The summed E-state index contributed by atoms with van der Waals surface area (Å²) in [5.74, 6) is 1.77. The van der Waals surface area contributed by atoms with E-state index < -0.39 is 0 Å². The van der Waals surface area contributed by atoms with Crippen molar-refractivity contribution in [3.63, 3.8) is 0 Å². The van der Waals surface area contributed by atoms with Gasteiger partial charge in [-0.05, 0) is 99.1 Å². The lowest BCUT2D eigenvalue weighted by Gasteiger charge is -2.21. The van der Waals surface area contributed by atoms with Crippen molar-refractivity contribution in [3.05, 3.63) is 199 Å². The van der Waals surface area contributed by atoms with Crippen LogP contribution in [-0.2, 0) is 5.41 Å². The molecule has 1 aliphatic rings. The number of para-hydroxylation sites is 1. The molecule has 0 radical (unpaired) electrons. The van der Waals surface area contributed by atoms with Gasteiger partial charge >= 0.3 is 0 Å². The number of rotatable bonds is 5. The largest absolute Gasteiger partial charge is 0.456 e. The SMILES string of the molecule is CC1(C)c2ccccc2-c2c(-c3ccc(-c4ccc5oc6cccc(-c7nc(-c8ccc9oc%10ccccc%10c9c8)nc(-c8cccc9sc%10ccccc%10c89)n7)c6c5c4)cc3)cccc21. The molecule has 0 saturated carbocycles. The second-order valence-corrected chi connectivity index (χ2v) is 18.9. The first-order valence-corrected chi connectivity index (χ1v) is 23.1. The standard InChI is InChI=1S/C60H37N3O2S/c1-60(2)46-18-6-3-13-40(46)54-38(15-9-19-47(54)60)35-26-24-34(25-27-35)36-28-30-50-45(32-36)55-42(16-10-21-51(55)65-50)58-61-57(37-29-31-49-44(33-37)39-12-4-7-20-48(39)64-49)62-59(63-58)43-17-11-23-53-56(43)41-14-5-8-22-52(41)66-53/h3-33H,1-2H3. The minimum atomic E-state index is -0.0508. The van der Waals surface area contributed by atoms with Gasteiger partial charge in [-0.15, -0.1) is 11.3 Å². The number of furan rings is 2. The van der Waals surface area contributed by atoms with Crippen LogP contribution in [0.15, 0.2) is 197 Å². The summed E-state index contributed by atoms with van der Waals surface area (Å²) in [6.45, 7) is 4.67. The lowest BCUT2D eigenvalue weighted by molar-refractivity contribution is 0.660. The molecule has 9 aromatic carbocycles. The summed E-state index contributed by atoms with van der Waals surface area (Å²) in [6, 6.07) is 66.6. The van der Waals surface area contributed by atoms with E-state index in [9.17, 15) is 0 Å². The molecule has 0 bridgehead atoms. The second kappa shape index (κ2) is 13.9. The zero-order chi connectivity index (χ0) is 43.7. The Morgan fingerprint density at radius 1 is 0.364 bits per heavy atom. The van der Waals surface area contributed by atoms with Crippen LogP contribution in [0, 0.1) is 0 Å². The van der Waals surface area contributed by atoms with Gasteiger partial charge in [-0.3, -0.25) is 0 Å². The molecule has 66 heavy (non-hydrogen) atoms. The van der Waals surface area contributed by atoms with E-state index in [1.165, 1.54) is 48.2 Å². The van der Waals surface area contributed by atoms with Crippen molar-refractivity contribution in [2.45, 2.75) is 19.3 Å². The van der Waals surface area contributed by atoms with Crippen LogP contribution in [0.25, 0.3) is 132 Å². The van der Waals surface area contributed by atoms with Crippen LogP contribution in [0.2, 0.25) is 0 Å². The molecule has 0 unspecified atom stereocenters. The maximum absolute atomic E-state index is 6.60. The van der Waals surface area contributed by atoms with Gasteiger partial charge in [0, 0.05) is 63.8 Å². The van der Waals surface area contributed by atoms with Crippen LogP contribution in [0.4, 0.5) is 0 Å². The highest BCUT2D eigenvalue weighted by molar-refractivity contribution is 7.25. The fourth-order valence-corrected chi connectivity index (χ4v) is 11.7. The van der Waals surface area contributed by atoms with Gasteiger partial charge in [0.2, 0.25) is 0 Å². The lowest BCUT2D eigenvalue weighted by atomic mass is 9.82. The van der Waals surface area contributed by atoms with E-state index in [0.29, 0.717) is 17.5 Å². The molecule has 0 saturated heterocycles. The summed E-state index contributed by atoms with van der Waals surface area (Å²) in [6.07, 6.45) is 0. The summed E-state index contributed by atoms with van der Waals surface area (Å²) < 4.78 is 15.2. The van der Waals surface area contributed by atoms with Gasteiger partial charge in [0.15, 0.2) is 17.5 Å². The van der Waals surface area contributed by atoms with Crippen LogP contribution in [0.3, 0.4) is 0 Å². The molecule has 0 fully saturated rings. The summed E-state index contributed by atoms with van der Waals surface area (Å²) in [5, 5.41) is 6.37. The summed E-state index contributed by atoms with van der Waals surface area (Å²) in [4.78, 5) is 16.0. The van der Waals surface area contributed by atoms with Crippen molar-refractivity contribution < 1.29 is 8.83 Å². The molecular formula is C60H37N3O2S. The van der Waals surface area contributed by atoms with Crippen molar-refractivity contribution in [1.29, 1.82) is 0 Å².